The van der Waals surface area contributed by atoms with Gasteiger partial charge in [-0.1, -0.05) is 28.1 Å². The average molecular weight is 281 g/mol. The van der Waals surface area contributed by atoms with Crippen LogP contribution >= 0.6 is 15.9 Å². The van der Waals surface area contributed by atoms with Gasteiger partial charge in [0.25, 0.3) is 0 Å². The smallest absolute Gasteiger partial charge is 0.354 e. The molecule has 0 aliphatic rings. The molecule has 4 nitrogen and oxygen atoms in total. The van der Waals surface area contributed by atoms with Crippen LogP contribution in [-0.4, -0.2) is 20.6 Å². The predicted octanol–water partition coefficient (Wildman–Crippen LogP) is 2.39. The third-order valence-corrected chi connectivity index (χ3v) is 2.73. The SMILES string of the molecule is O=C(O)c1cncn1Cc1ccc(Br)cc1. The minimum absolute atomic E-state index is 0.197. The van der Waals surface area contributed by atoms with Crippen LogP contribution in [0.25, 0.3) is 0 Å². The normalized spacial score (nSPS) is 10.3. The number of rotatable bonds is 3. The van der Waals surface area contributed by atoms with Crippen molar-refractivity contribution in [3.63, 3.8) is 0 Å². The number of aromatic carboxylic acids is 1. The first-order chi connectivity index (χ1) is 7.66. The molecule has 0 aliphatic heterocycles. The quantitative estimate of drug-likeness (QED) is 0.939. The molecule has 1 aromatic heterocycles. The summed E-state index contributed by atoms with van der Waals surface area (Å²) in [6.45, 7) is 0.509. The van der Waals surface area contributed by atoms with E-state index in [-0.39, 0.29) is 5.69 Å². The number of hydrogen-bond acceptors (Lipinski definition) is 2. The fraction of sp³-hybridized carbons (Fsp3) is 0.0909. The molecule has 0 spiro atoms. The number of imidazole rings is 1. The van der Waals surface area contributed by atoms with E-state index in [4.69, 9.17) is 5.11 Å². The van der Waals surface area contributed by atoms with Crippen LogP contribution < -0.4 is 0 Å². The van der Waals surface area contributed by atoms with Gasteiger partial charge in [-0.2, -0.15) is 0 Å². The number of nitrogens with zero attached hydrogens (tertiary/aromatic N) is 2. The first kappa shape index (κ1) is 10.9. The van der Waals surface area contributed by atoms with Gasteiger partial charge in [-0.15, -0.1) is 0 Å². The predicted molar refractivity (Wildman–Crippen MR) is 62.4 cm³/mol. The fourth-order valence-electron chi connectivity index (χ4n) is 1.41. The highest BCUT2D eigenvalue weighted by Crippen LogP contribution is 2.12. The van der Waals surface area contributed by atoms with E-state index in [1.54, 1.807) is 4.57 Å². The van der Waals surface area contributed by atoms with E-state index in [0.29, 0.717) is 6.54 Å². The topological polar surface area (TPSA) is 55.1 Å². The van der Waals surface area contributed by atoms with Crippen molar-refractivity contribution in [2.45, 2.75) is 6.54 Å². The molecule has 0 saturated carbocycles. The third-order valence-electron chi connectivity index (χ3n) is 2.20. The minimum Gasteiger partial charge on any atom is -0.477 e. The maximum Gasteiger partial charge on any atom is 0.354 e. The average Bonchev–Trinajstić information content (AvgIpc) is 2.69. The van der Waals surface area contributed by atoms with Crippen molar-refractivity contribution in [3.05, 3.63) is 52.5 Å². The number of aromatic nitrogens is 2. The van der Waals surface area contributed by atoms with E-state index in [1.165, 1.54) is 12.5 Å². The molecule has 16 heavy (non-hydrogen) atoms. The molecule has 0 atom stereocenters. The molecule has 2 aromatic rings. The largest absolute Gasteiger partial charge is 0.477 e. The highest BCUT2D eigenvalue weighted by Gasteiger charge is 2.09. The Morgan fingerprint density at radius 3 is 2.69 bits per heavy atom. The van der Waals surface area contributed by atoms with Gasteiger partial charge >= 0.3 is 5.97 Å². The summed E-state index contributed by atoms with van der Waals surface area (Å²) < 4.78 is 2.60. The maximum absolute atomic E-state index is 10.9. The molecule has 0 saturated heterocycles. The highest BCUT2D eigenvalue weighted by atomic mass is 79.9. The summed E-state index contributed by atoms with van der Waals surface area (Å²) in [5, 5.41) is 8.91. The summed E-state index contributed by atoms with van der Waals surface area (Å²) in [5.41, 5.74) is 1.23. The monoisotopic (exact) mass is 280 g/mol. The molecule has 0 amide bonds. The highest BCUT2D eigenvalue weighted by molar-refractivity contribution is 9.10. The molecule has 1 N–H and O–H groups in total. The molecule has 5 heteroatoms. The summed E-state index contributed by atoms with van der Waals surface area (Å²) in [7, 11) is 0. The lowest BCUT2D eigenvalue weighted by atomic mass is 10.2. The second-order valence-corrected chi connectivity index (χ2v) is 4.25. The van der Waals surface area contributed by atoms with Gasteiger partial charge in [0.15, 0.2) is 0 Å². The second-order valence-electron chi connectivity index (χ2n) is 3.34. The molecule has 0 fully saturated rings. The molecule has 82 valence electrons. The van der Waals surface area contributed by atoms with Gasteiger partial charge in [0.05, 0.1) is 12.5 Å². The summed E-state index contributed by atoms with van der Waals surface area (Å²) in [6.07, 6.45) is 2.87. The second kappa shape index (κ2) is 4.49. The van der Waals surface area contributed by atoms with E-state index < -0.39 is 5.97 Å². The van der Waals surface area contributed by atoms with Gasteiger partial charge < -0.3 is 9.67 Å². The van der Waals surface area contributed by atoms with E-state index in [0.717, 1.165) is 10.0 Å². The summed E-state index contributed by atoms with van der Waals surface area (Å²) >= 11 is 3.35. The molecule has 0 aliphatic carbocycles. The zero-order valence-corrected chi connectivity index (χ0v) is 9.89. The van der Waals surface area contributed by atoms with Gasteiger partial charge in [-0.05, 0) is 17.7 Å². The lowest BCUT2D eigenvalue weighted by molar-refractivity contribution is 0.0685. The van der Waals surface area contributed by atoms with Crippen molar-refractivity contribution in [3.8, 4) is 0 Å². The Morgan fingerprint density at radius 1 is 1.38 bits per heavy atom. The van der Waals surface area contributed by atoms with Crippen molar-refractivity contribution < 1.29 is 9.90 Å². The molecule has 1 aromatic carbocycles. The number of hydrogen-bond donors (Lipinski definition) is 1. The van der Waals surface area contributed by atoms with Crippen LogP contribution in [0.1, 0.15) is 16.1 Å². The van der Waals surface area contributed by atoms with Crippen LogP contribution in [0.15, 0.2) is 41.3 Å². The first-order valence-corrected chi connectivity index (χ1v) is 5.44. The molecular weight excluding hydrogens is 272 g/mol. The van der Waals surface area contributed by atoms with Crippen molar-refractivity contribution in [2.24, 2.45) is 0 Å². The van der Waals surface area contributed by atoms with Crippen molar-refractivity contribution in [2.75, 3.05) is 0 Å². The van der Waals surface area contributed by atoms with Gasteiger partial charge in [0, 0.05) is 11.0 Å². The zero-order chi connectivity index (χ0) is 11.5. The summed E-state index contributed by atoms with van der Waals surface area (Å²) in [4.78, 5) is 14.7. The van der Waals surface area contributed by atoms with Crippen molar-refractivity contribution >= 4 is 21.9 Å². The van der Waals surface area contributed by atoms with Crippen molar-refractivity contribution in [1.82, 2.24) is 9.55 Å². The zero-order valence-electron chi connectivity index (χ0n) is 8.30. The first-order valence-electron chi connectivity index (χ1n) is 4.64. The van der Waals surface area contributed by atoms with Crippen LogP contribution in [-0.2, 0) is 6.54 Å². The lowest BCUT2D eigenvalue weighted by Crippen LogP contribution is -2.08. The molecule has 0 unspecified atom stereocenters. The molecule has 0 radical (unpaired) electrons. The standard InChI is InChI=1S/C11H9BrN2O2/c12-9-3-1-8(2-4-9)6-14-7-13-5-10(14)11(15)16/h1-5,7H,6H2,(H,15,16). The van der Waals surface area contributed by atoms with E-state index in [9.17, 15) is 4.79 Å². The summed E-state index contributed by atoms with van der Waals surface area (Å²) in [5.74, 6) is -0.963. The van der Waals surface area contributed by atoms with E-state index >= 15 is 0 Å². The van der Waals surface area contributed by atoms with Gasteiger partial charge in [-0.25, -0.2) is 9.78 Å². The number of halogens is 1. The Kier molecular flexibility index (Phi) is 3.05. The Balaban J connectivity index is 2.23. The van der Waals surface area contributed by atoms with Gasteiger partial charge in [0.2, 0.25) is 0 Å². The van der Waals surface area contributed by atoms with E-state index in [1.807, 2.05) is 24.3 Å². The summed E-state index contributed by atoms with van der Waals surface area (Å²) in [6, 6.07) is 7.73. The minimum atomic E-state index is -0.963. The van der Waals surface area contributed by atoms with Crippen LogP contribution in [0, 0.1) is 0 Å². The Hall–Kier alpha value is -1.62. The van der Waals surface area contributed by atoms with Crippen LogP contribution in [0.2, 0.25) is 0 Å². The number of carboxylic acid groups (broad SMARTS) is 1. The third kappa shape index (κ3) is 2.30. The molecule has 0 bridgehead atoms. The Morgan fingerprint density at radius 2 is 2.06 bits per heavy atom. The van der Waals surface area contributed by atoms with Crippen LogP contribution in [0.5, 0.6) is 0 Å². The van der Waals surface area contributed by atoms with Crippen LogP contribution in [0.4, 0.5) is 0 Å². The fourth-order valence-corrected chi connectivity index (χ4v) is 1.68. The van der Waals surface area contributed by atoms with Gasteiger partial charge in [-0.3, -0.25) is 0 Å². The number of carbonyl (C=O) groups is 1. The maximum atomic E-state index is 10.9. The molecular formula is C11H9BrN2O2. The Labute approximate surface area is 101 Å². The molecule has 1 heterocycles. The van der Waals surface area contributed by atoms with Gasteiger partial charge in [0.1, 0.15) is 5.69 Å². The van der Waals surface area contributed by atoms with Crippen molar-refractivity contribution in [1.29, 1.82) is 0 Å². The van der Waals surface area contributed by atoms with Crippen LogP contribution in [0.3, 0.4) is 0 Å². The number of benzene rings is 1. The van der Waals surface area contributed by atoms with E-state index in [2.05, 4.69) is 20.9 Å². The number of carboxylic acids is 1. The molecule has 2 rings (SSSR count). The lowest BCUT2D eigenvalue weighted by Gasteiger charge is -2.05. The Bertz CT molecular complexity index is 505.